The van der Waals surface area contributed by atoms with Crippen molar-refractivity contribution in [1.29, 1.82) is 0 Å². The van der Waals surface area contributed by atoms with Gasteiger partial charge < -0.3 is 4.42 Å². The Morgan fingerprint density at radius 1 is 1.56 bits per heavy atom. The number of nitrogens with zero attached hydrogens (tertiary/aromatic N) is 1. The summed E-state index contributed by atoms with van der Waals surface area (Å²) in [6, 6.07) is 5.83. The van der Waals surface area contributed by atoms with E-state index in [0.717, 1.165) is 12.3 Å². The largest absolute Gasteiger partial charge is 0.467 e. The molecule has 18 heavy (non-hydrogen) atoms. The molecule has 0 aromatic carbocycles. The van der Waals surface area contributed by atoms with Crippen LogP contribution in [0.2, 0.25) is 0 Å². The molecule has 0 atom stereocenters. The van der Waals surface area contributed by atoms with Gasteiger partial charge in [0.25, 0.3) is 5.91 Å². The maximum atomic E-state index is 11.3. The molecular weight excluding hydrogens is 250 g/mol. The van der Waals surface area contributed by atoms with Gasteiger partial charge in [-0.2, -0.15) is 0 Å². The molecule has 6 heteroatoms. The summed E-state index contributed by atoms with van der Waals surface area (Å²) in [6.45, 7) is 1.51. The van der Waals surface area contributed by atoms with E-state index in [9.17, 15) is 4.79 Å². The number of carbonyl (C=O) groups is 1. The van der Waals surface area contributed by atoms with E-state index in [4.69, 9.17) is 10.3 Å². The first-order valence-electron chi connectivity index (χ1n) is 5.48. The van der Waals surface area contributed by atoms with E-state index in [2.05, 4.69) is 21.8 Å². The molecule has 3 N–H and O–H groups in total. The number of rotatable bonds is 5. The Balaban J connectivity index is 1.92. The number of hydrazine groups is 1. The van der Waals surface area contributed by atoms with Crippen LogP contribution >= 0.6 is 11.3 Å². The number of thiophene rings is 1. The van der Waals surface area contributed by atoms with Gasteiger partial charge in [0.15, 0.2) is 0 Å². The average molecular weight is 265 g/mol. The molecule has 0 aliphatic carbocycles. The zero-order chi connectivity index (χ0) is 13.0. The molecule has 2 aromatic rings. The third-order valence-corrected chi connectivity index (χ3v) is 3.34. The zero-order valence-electron chi connectivity index (χ0n) is 10.1. The van der Waals surface area contributed by atoms with Crippen LogP contribution in [0, 0.1) is 0 Å². The van der Waals surface area contributed by atoms with Crippen LogP contribution in [0.15, 0.2) is 34.3 Å². The maximum Gasteiger partial charge on any atom is 0.268 e. The lowest BCUT2D eigenvalue weighted by Crippen LogP contribution is -2.29. The monoisotopic (exact) mass is 265 g/mol. The molecule has 0 saturated carbocycles. The van der Waals surface area contributed by atoms with Gasteiger partial charge in [-0.25, -0.2) is 5.84 Å². The summed E-state index contributed by atoms with van der Waals surface area (Å²) in [6.07, 6.45) is 1.41. The van der Waals surface area contributed by atoms with Crippen molar-refractivity contribution in [1.82, 2.24) is 10.3 Å². The van der Waals surface area contributed by atoms with Crippen molar-refractivity contribution in [2.75, 3.05) is 7.05 Å². The Morgan fingerprint density at radius 3 is 3.06 bits per heavy atom. The first-order chi connectivity index (χ1) is 8.69. The normalized spacial score (nSPS) is 10.8. The van der Waals surface area contributed by atoms with Crippen LogP contribution in [0.3, 0.4) is 0 Å². The SMILES string of the molecule is CN(Cc1cc(C(=O)NN)co1)Cc1cccs1. The molecule has 96 valence electrons. The van der Waals surface area contributed by atoms with Crippen LogP contribution in [-0.4, -0.2) is 17.9 Å². The summed E-state index contributed by atoms with van der Waals surface area (Å²) in [7, 11) is 2.00. The first kappa shape index (κ1) is 12.8. The number of carbonyl (C=O) groups excluding carboxylic acids is 1. The Labute approximate surface area is 109 Å². The molecule has 0 radical (unpaired) electrons. The highest BCUT2D eigenvalue weighted by Gasteiger charge is 2.10. The van der Waals surface area contributed by atoms with E-state index in [0.29, 0.717) is 12.1 Å². The van der Waals surface area contributed by atoms with E-state index in [1.165, 1.54) is 11.1 Å². The van der Waals surface area contributed by atoms with Crippen molar-refractivity contribution in [3.05, 3.63) is 46.0 Å². The fraction of sp³-hybridized carbons (Fsp3) is 0.250. The Morgan fingerprint density at radius 2 is 2.39 bits per heavy atom. The molecule has 0 aliphatic rings. The fourth-order valence-corrected chi connectivity index (χ4v) is 2.44. The fourth-order valence-electron chi connectivity index (χ4n) is 1.66. The number of amides is 1. The van der Waals surface area contributed by atoms with E-state index >= 15 is 0 Å². The van der Waals surface area contributed by atoms with Gasteiger partial charge in [0.05, 0.1) is 12.1 Å². The van der Waals surface area contributed by atoms with Crippen LogP contribution in [-0.2, 0) is 13.1 Å². The van der Waals surface area contributed by atoms with E-state index in [1.54, 1.807) is 17.4 Å². The molecule has 0 unspecified atom stereocenters. The number of nitrogens with one attached hydrogen (secondary N) is 1. The number of furan rings is 1. The molecule has 0 saturated heterocycles. The van der Waals surface area contributed by atoms with E-state index < -0.39 is 0 Å². The zero-order valence-corrected chi connectivity index (χ0v) is 10.9. The summed E-state index contributed by atoms with van der Waals surface area (Å²) in [5.74, 6) is 5.46. The molecule has 5 nitrogen and oxygen atoms in total. The van der Waals surface area contributed by atoms with Gasteiger partial charge in [0.1, 0.15) is 12.0 Å². The van der Waals surface area contributed by atoms with Crippen LogP contribution in [0.1, 0.15) is 21.0 Å². The lowest BCUT2D eigenvalue weighted by Gasteiger charge is -2.13. The summed E-state index contributed by atoms with van der Waals surface area (Å²) in [5.41, 5.74) is 2.52. The second-order valence-corrected chi connectivity index (χ2v) is 5.06. The number of hydrogen-bond acceptors (Lipinski definition) is 5. The molecule has 2 aromatic heterocycles. The molecule has 0 aliphatic heterocycles. The average Bonchev–Trinajstić information content (AvgIpc) is 2.99. The first-order valence-corrected chi connectivity index (χ1v) is 6.36. The Hall–Kier alpha value is -1.63. The van der Waals surface area contributed by atoms with Gasteiger partial charge in [-0.1, -0.05) is 6.07 Å². The minimum absolute atomic E-state index is 0.342. The molecule has 2 rings (SSSR count). The van der Waals surface area contributed by atoms with Crippen molar-refractivity contribution < 1.29 is 9.21 Å². The highest BCUT2D eigenvalue weighted by molar-refractivity contribution is 7.09. The summed E-state index contributed by atoms with van der Waals surface area (Å²) < 4.78 is 5.32. The topological polar surface area (TPSA) is 71.5 Å². The van der Waals surface area contributed by atoms with Gasteiger partial charge in [-0.3, -0.25) is 15.1 Å². The van der Waals surface area contributed by atoms with Crippen LogP contribution < -0.4 is 11.3 Å². The number of hydrogen-bond donors (Lipinski definition) is 2. The highest BCUT2D eigenvalue weighted by atomic mass is 32.1. The van der Waals surface area contributed by atoms with E-state index in [-0.39, 0.29) is 5.91 Å². The number of nitrogen functional groups attached to an aromatic ring is 1. The smallest absolute Gasteiger partial charge is 0.268 e. The third-order valence-electron chi connectivity index (χ3n) is 2.48. The quantitative estimate of drug-likeness (QED) is 0.489. The van der Waals surface area contributed by atoms with Gasteiger partial charge in [-0.15, -0.1) is 11.3 Å². The summed E-state index contributed by atoms with van der Waals surface area (Å²) >= 11 is 1.72. The molecule has 2 heterocycles. The minimum Gasteiger partial charge on any atom is -0.467 e. The molecule has 0 bridgehead atoms. The van der Waals surface area contributed by atoms with Crippen molar-refractivity contribution in [2.24, 2.45) is 5.84 Å². The van der Waals surface area contributed by atoms with Crippen molar-refractivity contribution in [3.8, 4) is 0 Å². The Bertz CT molecular complexity index is 507. The molecular formula is C12H15N3O2S. The van der Waals surface area contributed by atoms with Crippen LogP contribution in [0.5, 0.6) is 0 Å². The van der Waals surface area contributed by atoms with Gasteiger partial charge >= 0.3 is 0 Å². The second-order valence-electron chi connectivity index (χ2n) is 4.03. The van der Waals surface area contributed by atoms with Gasteiger partial charge in [0.2, 0.25) is 0 Å². The standard InChI is InChI=1S/C12H15N3O2S/c1-15(7-11-3-2-4-18-11)6-10-5-9(8-17-10)12(16)14-13/h2-5,8H,6-7,13H2,1H3,(H,14,16). The van der Waals surface area contributed by atoms with Crippen molar-refractivity contribution in [3.63, 3.8) is 0 Å². The second kappa shape index (κ2) is 5.81. The van der Waals surface area contributed by atoms with E-state index in [1.807, 2.05) is 13.1 Å². The van der Waals surface area contributed by atoms with Gasteiger partial charge in [0, 0.05) is 11.4 Å². The van der Waals surface area contributed by atoms with Crippen LogP contribution in [0.4, 0.5) is 0 Å². The predicted molar refractivity (Wildman–Crippen MR) is 69.9 cm³/mol. The van der Waals surface area contributed by atoms with Gasteiger partial charge in [-0.05, 0) is 24.6 Å². The Kier molecular flexibility index (Phi) is 4.14. The molecule has 0 fully saturated rings. The lowest BCUT2D eigenvalue weighted by atomic mass is 10.3. The van der Waals surface area contributed by atoms with Crippen molar-refractivity contribution in [2.45, 2.75) is 13.1 Å². The summed E-state index contributed by atoms with van der Waals surface area (Å²) in [4.78, 5) is 14.7. The van der Waals surface area contributed by atoms with Crippen LogP contribution in [0.25, 0.3) is 0 Å². The number of nitrogens with two attached hydrogens (primary N) is 1. The highest BCUT2D eigenvalue weighted by Crippen LogP contribution is 2.14. The summed E-state index contributed by atoms with van der Waals surface area (Å²) in [5, 5.41) is 2.06. The lowest BCUT2D eigenvalue weighted by molar-refractivity contribution is 0.0953. The third kappa shape index (κ3) is 3.19. The molecule has 1 amide bonds. The van der Waals surface area contributed by atoms with Crippen molar-refractivity contribution >= 4 is 17.2 Å². The molecule has 0 spiro atoms. The predicted octanol–water partition coefficient (Wildman–Crippen LogP) is 1.58. The maximum absolute atomic E-state index is 11.3. The minimum atomic E-state index is -0.342.